The number of hydrogen-bond donors (Lipinski definition) is 2. The standard InChI is InChI=1S/C15H27N5O3S.ClH/c1-11-18-13(9-19(11)4)24(22,23)17-7-5-14(21)20-8-6-12(16)15(2,3)10-20;/h9,12,17H,5-8,10,16H2,1-4H3;1H. The fraction of sp³-hybridized carbons (Fsp3) is 0.733. The molecule has 0 saturated carbocycles. The summed E-state index contributed by atoms with van der Waals surface area (Å²) in [5, 5.41) is -0.0278. The van der Waals surface area contributed by atoms with E-state index in [1.807, 2.05) is 13.8 Å². The van der Waals surface area contributed by atoms with E-state index >= 15 is 0 Å². The Kier molecular flexibility index (Phi) is 7.03. The van der Waals surface area contributed by atoms with Crippen LogP contribution in [0.5, 0.6) is 0 Å². The second kappa shape index (κ2) is 8.03. The lowest BCUT2D eigenvalue weighted by Crippen LogP contribution is -2.54. The van der Waals surface area contributed by atoms with Gasteiger partial charge >= 0.3 is 0 Å². The Bertz CT molecular complexity index is 697. The number of nitrogens with zero attached hydrogens (tertiary/aromatic N) is 3. The fourth-order valence-electron chi connectivity index (χ4n) is 2.77. The molecule has 1 aromatic heterocycles. The molecule has 0 radical (unpaired) electrons. The van der Waals surface area contributed by atoms with Crippen molar-refractivity contribution in [3.63, 3.8) is 0 Å². The average molecular weight is 394 g/mol. The van der Waals surface area contributed by atoms with Crippen LogP contribution in [0, 0.1) is 12.3 Å². The number of aromatic nitrogens is 2. The van der Waals surface area contributed by atoms with Crippen LogP contribution in [0.4, 0.5) is 0 Å². The summed E-state index contributed by atoms with van der Waals surface area (Å²) < 4.78 is 28.4. The van der Waals surface area contributed by atoms with Crippen molar-refractivity contribution in [2.75, 3.05) is 19.6 Å². The molecule has 1 aromatic rings. The molecular formula is C15H28ClN5O3S. The first-order chi connectivity index (χ1) is 11.0. The van der Waals surface area contributed by atoms with E-state index in [1.165, 1.54) is 6.20 Å². The molecule has 3 N–H and O–H groups in total. The SMILES string of the molecule is Cc1nc(S(=O)(=O)NCCC(=O)N2CCC(N)C(C)(C)C2)cn1C.Cl. The quantitative estimate of drug-likeness (QED) is 0.752. The molecule has 10 heteroatoms. The zero-order valence-corrected chi connectivity index (χ0v) is 16.8. The lowest BCUT2D eigenvalue weighted by molar-refractivity contribution is -0.134. The fourth-order valence-corrected chi connectivity index (χ4v) is 3.83. The van der Waals surface area contributed by atoms with Gasteiger partial charge in [0.2, 0.25) is 5.91 Å². The minimum absolute atomic E-state index is 0. The zero-order chi connectivity index (χ0) is 18.1. The Hall–Kier alpha value is -1.16. The number of nitrogens with two attached hydrogens (primary N) is 1. The summed E-state index contributed by atoms with van der Waals surface area (Å²) in [6.45, 7) is 7.09. The second-order valence-corrected chi connectivity index (χ2v) is 8.80. The normalized spacial score (nSPS) is 20.2. The number of rotatable bonds is 5. The Labute approximate surface area is 155 Å². The van der Waals surface area contributed by atoms with Gasteiger partial charge in [-0.05, 0) is 18.8 Å². The Morgan fingerprint density at radius 1 is 1.48 bits per heavy atom. The van der Waals surface area contributed by atoms with Crippen LogP contribution in [-0.2, 0) is 21.9 Å². The van der Waals surface area contributed by atoms with Gasteiger partial charge in [0.05, 0.1) is 0 Å². The molecule has 1 unspecified atom stereocenters. The number of amides is 1. The molecule has 1 atom stereocenters. The molecule has 2 heterocycles. The number of likely N-dealkylation sites (tertiary alicyclic amines) is 1. The minimum Gasteiger partial charge on any atom is -0.342 e. The number of halogens is 1. The molecule has 1 aliphatic rings. The molecule has 0 bridgehead atoms. The van der Waals surface area contributed by atoms with Crippen molar-refractivity contribution in [2.45, 2.75) is 44.7 Å². The van der Waals surface area contributed by atoms with Gasteiger partial charge in [0, 0.05) is 45.3 Å². The summed E-state index contributed by atoms with van der Waals surface area (Å²) in [4.78, 5) is 18.1. The first kappa shape index (κ1) is 21.9. The van der Waals surface area contributed by atoms with Gasteiger partial charge in [-0.25, -0.2) is 18.1 Å². The third kappa shape index (κ3) is 5.16. The predicted molar refractivity (Wildman–Crippen MR) is 98.0 cm³/mol. The van der Waals surface area contributed by atoms with Crippen LogP contribution in [0.2, 0.25) is 0 Å². The van der Waals surface area contributed by atoms with Crippen LogP contribution in [0.15, 0.2) is 11.2 Å². The maximum atomic E-state index is 12.3. The molecule has 1 amide bonds. The van der Waals surface area contributed by atoms with Crippen LogP contribution in [0.3, 0.4) is 0 Å². The summed E-state index contributed by atoms with van der Waals surface area (Å²) in [7, 11) is -1.96. The van der Waals surface area contributed by atoms with Gasteiger partial charge in [-0.3, -0.25) is 4.79 Å². The molecule has 144 valence electrons. The number of hydrogen-bond acceptors (Lipinski definition) is 5. The van der Waals surface area contributed by atoms with Crippen LogP contribution < -0.4 is 10.5 Å². The highest BCUT2D eigenvalue weighted by atomic mass is 35.5. The lowest BCUT2D eigenvalue weighted by Gasteiger charge is -2.42. The van der Waals surface area contributed by atoms with E-state index < -0.39 is 10.0 Å². The summed E-state index contributed by atoms with van der Waals surface area (Å²) >= 11 is 0. The van der Waals surface area contributed by atoms with E-state index in [4.69, 9.17) is 5.73 Å². The van der Waals surface area contributed by atoms with Gasteiger partial charge < -0.3 is 15.2 Å². The van der Waals surface area contributed by atoms with Crippen molar-refractivity contribution in [2.24, 2.45) is 18.2 Å². The zero-order valence-electron chi connectivity index (χ0n) is 15.2. The first-order valence-corrected chi connectivity index (χ1v) is 9.54. The molecule has 0 aliphatic carbocycles. The van der Waals surface area contributed by atoms with Crippen LogP contribution >= 0.6 is 12.4 Å². The number of carbonyl (C=O) groups is 1. The van der Waals surface area contributed by atoms with Gasteiger partial charge in [0.25, 0.3) is 10.0 Å². The van der Waals surface area contributed by atoms with Gasteiger partial charge in [-0.15, -0.1) is 12.4 Å². The smallest absolute Gasteiger partial charge is 0.259 e. The monoisotopic (exact) mass is 393 g/mol. The largest absolute Gasteiger partial charge is 0.342 e. The van der Waals surface area contributed by atoms with Crippen LogP contribution in [0.25, 0.3) is 0 Å². The molecule has 2 rings (SSSR count). The van der Waals surface area contributed by atoms with E-state index in [0.29, 0.717) is 18.9 Å². The number of aryl methyl sites for hydroxylation is 2. The summed E-state index contributed by atoms with van der Waals surface area (Å²) in [5.41, 5.74) is 5.95. The summed E-state index contributed by atoms with van der Waals surface area (Å²) in [6.07, 6.45) is 2.34. The Morgan fingerprint density at radius 2 is 2.12 bits per heavy atom. The van der Waals surface area contributed by atoms with E-state index in [0.717, 1.165) is 6.42 Å². The van der Waals surface area contributed by atoms with Gasteiger partial charge in [0.1, 0.15) is 5.82 Å². The molecule has 1 fully saturated rings. The second-order valence-electron chi connectivity index (χ2n) is 7.08. The first-order valence-electron chi connectivity index (χ1n) is 8.06. The van der Waals surface area contributed by atoms with Gasteiger partial charge in [0.15, 0.2) is 5.03 Å². The molecule has 1 saturated heterocycles. The van der Waals surface area contributed by atoms with Crippen molar-refractivity contribution < 1.29 is 13.2 Å². The number of imidazole rings is 1. The number of piperidine rings is 1. The van der Waals surface area contributed by atoms with Crippen molar-refractivity contribution in [3.8, 4) is 0 Å². The van der Waals surface area contributed by atoms with E-state index in [9.17, 15) is 13.2 Å². The minimum atomic E-state index is -3.69. The number of carbonyl (C=O) groups excluding carboxylic acids is 1. The molecule has 0 aromatic carbocycles. The van der Waals surface area contributed by atoms with Crippen molar-refractivity contribution >= 4 is 28.3 Å². The number of sulfonamides is 1. The molecule has 0 spiro atoms. The highest BCUT2D eigenvalue weighted by Crippen LogP contribution is 2.27. The summed E-state index contributed by atoms with van der Waals surface area (Å²) in [5.74, 6) is 0.549. The lowest BCUT2D eigenvalue weighted by atomic mass is 9.79. The van der Waals surface area contributed by atoms with Crippen molar-refractivity contribution in [1.29, 1.82) is 0 Å². The maximum Gasteiger partial charge on any atom is 0.259 e. The summed E-state index contributed by atoms with van der Waals surface area (Å²) in [6, 6.07) is 0.0763. The Morgan fingerprint density at radius 3 is 2.64 bits per heavy atom. The topological polar surface area (TPSA) is 110 Å². The van der Waals surface area contributed by atoms with Gasteiger partial charge in [-0.1, -0.05) is 13.8 Å². The van der Waals surface area contributed by atoms with E-state index in [1.54, 1.807) is 23.4 Å². The van der Waals surface area contributed by atoms with E-state index in [-0.39, 0.29) is 47.8 Å². The molecule has 1 aliphatic heterocycles. The average Bonchev–Trinajstić information content (AvgIpc) is 2.82. The maximum absolute atomic E-state index is 12.3. The van der Waals surface area contributed by atoms with Gasteiger partial charge in [-0.2, -0.15) is 0 Å². The van der Waals surface area contributed by atoms with Crippen LogP contribution in [-0.4, -0.2) is 54.5 Å². The van der Waals surface area contributed by atoms with Crippen molar-refractivity contribution in [1.82, 2.24) is 19.2 Å². The third-order valence-electron chi connectivity index (χ3n) is 4.66. The number of nitrogens with one attached hydrogen (secondary N) is 1. The van der Waals surface area contributed by atoms with E-state index in [2.05, 4.69) is 9.71 Å². The predicted octanol–water partition coefficient (Wildman–Crippen LogP) is 0.405. The molecule has 8 nitrogen and oxygen atoms in total. The molecular weight excluding hydrogens is 366 g/mol. The highest BCUT2D eigenvalue weighted by molar-refractivity contribution is 7.89. The third-order valence-corrected chi connectivity index (χ3v) is 5.99. The Balaban J connectivity index is 0.00000312. The van der Waals surface area contributed by atoms with Crippen LogP contribution in [0.1, 0.15) is 32.5 Å². The molecule has 25 heavy (non-hydrogen) atoms. The highest BCUT2D eigenvalue weighted by Gasteiger charge is 2.35. The van der Waals surface area contributed by atoms with Crippen molar-refractivity contribution in [3.05, 3.63) is 12.0 Å².